The average Bonchev–Trinajstić information content (AvgIpc) is 2.54. The third-order valence-corrected chi connectivity index (χ3v) is 5.78. The molecular weight excluding hydrogens is 314 g/mol. The summed E-state index contributed by atoms with van der Waals surface area (Å²) >= 11 is 0. The van der Waals surface area contributed by atoms with Crippen molar-refractivity contribution in [2.75, 3.05) is 7.11 Å². The van der Waals surface area contributed by atoms with Crippen LogP contribution in [0, 0.1) is 6.92 Å². The van der Waals surface area contributed by atoms with E-state index in [2.05, 4.69) is 6.58 Å². The maximum atomic E-state index is 13.1. The Balaban J connectivity index is 2.50. The fourth-order valence-corrected chi connectivity index (χ4v) is 4.39. The molecule has 1 aromatic carbocycles. The summed E-state index contributed by atoms with van der Waals surface area (Å²) in [6.07, 6.45) is 5.98. The second-order valence-electron chi connectivity index (χ2n) is 5.44. The molecule has 0 fully saturated rings. The van der Waals surface area contributed by atoms with E-state index in [1.54, 1.807) is 36.4 Å². The summed E-state index contributed by atoms with van der Waals surface area (Å²) in [6, 6.07) is 5.29. The number of ether oxygens (including phenoxy) is 1. The number of esters is 1. The summed E-state index contributed by atoms with van der Waals surface area (Å²) in [5.41, 5.74) is 0.967. The zero-order valence-corrected chi connectivity index (χ0v) is 14.1. The SMILES string of the molecule is C=CC[C@H]1C=CC[C@@H](C(=O)OC)N1S(=O)(=O)c1ccc(C)cc1. The molecule has 23 heavy (non-hydrogen) atoms. The van der Waals surface area contributed by atoms with Crippen LogP contribution >= 0.6 is 0 Å². The predicted octanol–water partition coefficient (Wildman–Crippen LogP) is 2.43. The molecule has 1 aliphatic heterocycles. The molecule has 2 rings (SSSR count). The molecule has 0 aliphatic carbocycles. The molecule has 0 saturated heterocycles. The largest absolute Gasteiger partial charge is 0.468 e. The summed E-state index contributed by atoms with van der Waals surface area (Å²) < 4.78 is 32.2. The first-order valence-electron chi connectivity index (χ1n) is 7.37. The lowest BCUT2D eigenvalue weighted by Crippen LogP contribution is -2.51. The normalized spacial score (nSPS) is 21.8. The molecule has 1 heterocycles. The Labute approximate surface area is 137 Å². The highest BCUT2D eigenvalue weighted by Crippen LogP contribution is 2.29. The topological polar surface area (TPSA) is 63.7 Å². The molecule has 2 atom stereocenters. The number of hydrogen-bond acceptors (Lipinski definition) is 4. The molecule has 0 saturated carbocycles. The molecule has 5 nitrogen and oxygen atoms in total. The van der Waals surface area contributed by atoms with E-state index in [0.29, 0.717) is 12.8 Å². The Morgan fingerprint density at radius 3 is 2.61 bits per heavy atom. The second kappa shape index (κ2) is 7.10. The minimum absolute atomic E-state index is 0.168. The van der Waals surface area contributed by atoms with Gasteiger partial charge in [0.25, 0.3) is 0 Å². The van der Waals surface area contributed by atoms with Crippen molar-refractivity contribution in [3.63, 3.8) is 0 Å². The van der Waals surface area contributed by atoms with Crippen LogP contribution in [0.3, 0.4) is 0 Å². The van der Waals surface area contributed by atoms with Gasteiger partial charge >= 0.3 is 5.97 Å². The first-order chi connectivity index (χ1) is 10.9. The number of carbonyl (C=O) groups excluding carboxylic acids is 1. The molecule has 0 N–H and O–H groups in total. The third kappa shape index (κ3) is 3.54. The fraction of sp³-hybridized carbons (Fsp3) is 0.353. The monoisotopic (exact) mass is 335 g/mol. The highest BCUT2D eigenvalue weighted by Gasteiger charge is 2.41. The van der Waals surface area contributed by atoms with Gasteiger partial charge in [-0.25, -0.2) is 8.42 Å². The lowest BCUT2D eigenvalue weighted by atomic mass is 10.0. The molecule has 0 bridgehead atoms. The number of sulfonamides is 1. The van der Waals surface area contributed by atoms with Gasteiger partial charge in [0.2, 0.25) is 10.0 Å². The van der Waals surface area contributed by atoms with Crippen LogP contribution in [0.25, 0.3) is 0 Å². The summed E-state index contributed by atoms with van der Waals surface area (Å²) in [5, 5.41) is 0. The van der Waals surface area contributed by atoms with E-state index >= 15 is 0 Å². The molecule has 0 aromatic heterocycles. The van der Waals surface area contributed by atoms with E-state index in [-0.39, 0.29) is 4.90 Å². The van der Waals surface area contributed by atoms with Gasteiger partial charge in [0.05, 0.1) is 12.0 Å². The molecule has 0 radical (unpaired) electrons. The van der Waals surface area contributed by atoms with E-state index in [9.17, 15) is 13.2 Å². The van der Waals surface area contributed by atoms with Crippen molar-refractivity contribution in [1.29, 1.82) is 0 Å². The van der Waals surface area contributed by atoms with Crippen molar-refractivity contribution in [1.82, 2.24) is 4.31 Å². The van der Waals surface area contributed by atoms with Gasteiger partial charge in [-0.3, -0.25) is 4.79 Å². The summed E-state index contributed by atoms with van der Waals surface area (Å²) in [6.45, 7) is 5.56. The lowest BCUT2D eigenvalue weighted by Gasteiger charge is -2.36. The zero-order chi connectivity index (χ0) is 17.0. The van der Waals surface area contributed by atoms with Crippen LogP contribution in [0.2, 0.25) is 0 Å². The summed E-state index contributed by atoms with van der Waals surface area (Å²) in [7, 11) is -2.56. The van der Waals surface area contributed by atoms with Gasteiger partial charge in [-0.2, -0.15) is 4.31 Å². The predicted molar refractivity (Wildman–Crippen MR) is 88.4 cm³/mol. The van der Waals surface area contributed by atoms with Crippen molar-refractivity contribution < 1.29 is 17.9 Å². The van der Waals surface area contributed by atoms with Crippen molar-refractivity contribution in [3.8, 4) is 0 Å². The van der Waals surface area contributed by atoms with Crippen LogP contribution in [-0.2, 0) is 19.6 Å². The Morgan fingerprint density at radius 1 is 1.39 bits per heavy atom. The van der Waals surface area contributed by atoms with Gasteiger partial charge in [-0.15, -0.1) is 6.58 Å². The maximum absolute atomic E-state index is 13.1. The summed E-state index contributed by atoms with van der Waals surface area (Å²) in [5.74, 6) is -0.556. The van der Waals surface area contributed by atoms with E-state index < -0.39 is 28.1 Å². The van der Waals surface area contributed by atoms with Gasteiger partial charge in [0.15, 0.2) is 0 Å². The highest BCUT2D eigenvalue weighted by molar-refractivity contribution is 7.89. The van der Waals surface area contributed by atoms with Crippen LogP contribution in [0.15, 0.2) is 54.0 Å². The molecule has 0 amide bonds. The molecule has 124 valence electrons. The quantitative estimate of drug-likeness (QED) is 0.612. The van der Waals surface area contributed by atoms with Crippen LogP contribution < -0.4 is 0 Å². The number of carbonyl (C=O) groups is 1. The van der Waals surface area contributed by atoms with Gasteiger partial charge in [0.1, 0.15) is 6.04 Å². The van der Waals surface area contributed by atoms with E-state index in [1.165, 1.54) is 11.4 Å². The number of hydrogen-bond donors (Lipinski definition) is 0. The van der Waals surface area contributed by atoms with Gasteiger partial charge in [-0.05, 0) is 31.9 Å². The van der Waals surface area contributed by atoms with E-state index in [1.807, 2.05) is 13.0 Å². The first kappa shape index (κ1) is 17.4. The number of rotatable bonds is 5. The standard InChI is InChI=1S/C17H21NO4S/c1-4-6-14-7-5-8-16(17(19)22-3)18(14)23(20,21)15-11-9-13(2)10-12-15/h4-5,7,9-12,14,16H,1,6,8H2,2-3H3/t14-,16-/m0/s1. The zero-order valence-electron chi connectivity index (χ0n) is 13.3. The molecular formula is C17H21NO4S. The van der Waals surface area contributed by atoms with Crippen LogP contribution in [0.4, 0.5) is 0 Å². The molecule has 0 spiro atoms. The molecule has 1 aliphatic rings. The Hall–Kier alpha value is -1.92. The number of benzene rings is 1. The minimum atomic E-state index is -3.82. The van der Waals surface area contributed by atoms with Gasteiger partial charge < -0.3 is 4.74 Å². The fourth-order valence-electron chi connectivity index (χ4n) is 2.65. The smallest absolute Gasteiger partial charge is 0.324 e. The van der Waals surface area contributed by atoms with Crippen molar-refractivity contribution >= 4 is 16.0 Å². The van der Waals surface area contributed by atoms with Crippen molar-refractivity contribution in [3.05, 3.63) is 54.6 Å². The van der Waals surface area contributed by atoms with Gasteiger partial charge in [-0.1, -0.05) is 35.9 Å². The number of aryl methyl sites for hydroxylation is 1. The molecule has 0 unspecified atom stereocenters. The number of nitrogens with zero attached hydrogens (tertiary/aromatic N) is 1. The maximum Gasteiger partial charge on any atom is 0.324 e. The Kier molecular flexibility index (Phi) is 5.38. The van der Waals surface area contributed by atoms with Crippen molar-refractivity contribution in [2.24, 2.45) is 0 Å². The Bertz CT molecular complexity index is 707. The second-order valence-corrected chi connectivity index (χ2v) is 7.29. The Morgan fingerprint density at radius 2 is 2.04 bits per heavy atom. The van der Waals surface area contributed by atoms with Crippen LogP contribution in [0.5, 0.6) is 0 Å². The van der Waals surface area contributed by atoms with Crippen LogP contribution in [0.1, 0.15) is 18.4 Å². The first-order valence-corrected chi connectivity index (χ1v) is 8.81. The van der Waals surface area contributed by atoms with Gasteiger partial charge in [0, 0.05) is 6.04 Å². The number of methoxy groups -OCH3 is 1. The van der Waals surface area contributed by atoms with E-state index in [0.717, 1.165) is 5.56 Å². The van der Waals surface area contributed by atoms with Crippen LogP contribution in [-0.4, -0.2) is 37.9 Å². The van der Waals surface area contributed by atoms with Crippen molar-refractivity contribution in [2.45, 2.75) is 36.7 Å². The van der Waals surface area contributed by atoms with E-state index in [4.69, 9.17) is 4.74 Å². The molecule has 1 aromatic rings. The lowest BCUT2D eigenvalue weighted by molar-refractivity contribution is -0.145. The highest BCUT2D eigenvalue weighted by atomic mass is 32.2. The third-order valence-electron chi connectivity index (χ3n) is 3.83. The summed E-state index contributed by atoms with van der Waals surface area (Å²) in [4.78, 5) is 12.2. The molecule has 6 heteroatoms. The average molecular weight is 335 g/mol. The minimum Gasteiger partial charge on any atom is -0.468 e.